The largest absolute Gasteiger partial charge is 0.309 e. The SMILES string of the molecule is Cc1cc(C)c(-c2ccc3c(c2)c2ccccc2n3-c2ccc(-c3nc(C)nc(C)n3)cc2-c2nc(C)nc(C)n2)c(C)c1. The number of aryl methyl sites for hydroxylation is 7. The third-order valence-corrected chi connectivity index (χ3v) is 8.09. The first-order chi connectivity index (χ1) is 21.2. The van der Waals surface area contributed by atoms with Crippen molar-refractivity contribution >= 4 is 21.8 Å². The predicted molar refractivity (Wildman–Crippen MR) is 177 cm³/mol. The summed E-state index contributed by atoms with van der Waals surface area (Å²) in [5, 5.41) is 2.38. The molecule has 44 heavy (non-hydrogen) atoms. The molecule has 7 heteroatoms. The van der Waals surface area contributed by atoms with Gasteiger partial charge in [0.1, 0.15) is 23.3 Å². The van der Waals surface area contributed by atoms with Crippen LogP contribution >= 0.6 is 0 Å². The Morgan fingerprint density at radius 2 is 1.05 bits per heavy atom. The van der Waals surface area contributed by atoms with E-state index in [0.29, 0.717) is 34.9 Å². The first kappa shape index (κ1) is 27.5. The van der Waals surface area contributed by atoms with Gasteiger partial charge in [-0.05, 0) is 107 Å². The van der Waals surface area contributed by atoms with Crippen molar-refractivity contribution in [2.75, 3.05) is 0 Å². The van der Waals surface area contributed by atoms with E-state index in [1.165, 1.54) is 38.6 Å². The molecule has 3 aromatic heterocycles. The molecule has 0 spiro atoms. The Bertz CT molecular complexity index is 2200. The second kappa shape index (κ2) is 10.5. The fourth-order valence-electron chi connectivity index (χ4n) is 6.55. The van der Waals surface area contributed by atoms with Crippen molar-refractivity contribution in [1.29, 1.82) is 0 Å². The van der Waals surface area contributed by atoms with E-state index in [4.69, 9.17) is 9.97 Å². The lowest BCUT2D eigenvalue weighted by Crippen LogP contribution is -2.04. The Labute approximate surface area is 256 Å². The minimum atomic E-state index is 0.614. The first-order valence-electron chi connectivity index (χ1n) is 14.8. The summed E-state index contributed by atoms with van der Waals surface area (Å²) in [6.45, 7) is 14.1. The maximum atomic E-state index is 4.80. The van der Waals surface area contributed by atoms with E-state index in [1.54, 1.807) is 0 Å². The van der Waals surface area contributed by atoms with E-state index < -0.39 is 0 Å². The lowest BCUT2D eigenvalue weighted by atomic mass is 9.93. The highest BCUT2D eigenvalue weighted by Gasteiger charge is 2.20. The molecule has 216 valence electrons. The maximum absolute atomic E-state index is 4.80. The molecule has 0 unspecified atom stereocenters. The smallest absolute Gasteiger partial charge is 0.165 e. The van der Waals surface area contributed by atoms with Crippen LogP contribution in [0.15, 0.2) is 72.8 Å². The molecule has 3 heterocycles. The van der Waals surface area contributed by atoms with E-state index in [9.17, 15) is 0 Å². The molecular weight excluding hydrogens is 542 g/mol. The van der Waals surface area contributed by atoms with Gasteiger partial charge in [0, 0.05) is 21.9 Å². The van der Waals surface area contributed by atoms with Crippen LogP contribution in [0.3, 0.4) is 0 Å². The molecule has 4 aromatic carbocycles. The topological polar surface area (TPSA) is 82.3 Å². The van der Waals surface area contributed by atoms with Crippen LogP contribution in [-0.4, -0.2) is 34.5 Å². The summed E-state index contributed by atoms with van der Waals surface area (Å²) in [6, 6.07) is 26.2. The Morgan fingerprint density at radius 3 is 1.70 bits per heavy atom. The zero-order valence-corrected chi connectivity index (χ0v) is 26.1. The molecule has 0 amide bonds. The van der Waals surface area contributed by atoms with E-state index >= 15 is 0 Å². The van der Waals surface area contributed by atoms with Crippen molar-refractivity contribution in [1.82, 2.24) is 34.5 Å². The molecule has 0 N–H and O–H groups in total. The number of benzene rings is 4. The average Bonchev–Trinajstić information content (AvgIpc) is 3.29. The lowest BCUT2D eigenvalue weighted by molar-refractivity contribution is 0.924. The molecule has 0 fully saturated rings. The summed E-state index contributed by atoms with van der Waals surface area (Å²) in [6.07, 6.45) is 0. The highest BCUT2D eigenvalue weighted by atomic mass is 15.0. The van der Waals surface area contributed by atoms with Gasteiger partial charge in [-0.1, -0.05) is 42.0 Å². The van der Waals surface area contributed by atoms with Gasteiger partial charge in [0.05, 0.1) is 16.7 Å². The van der Waals surface area contributed by atoms with Gasteiger partial charge in [0.2, 0.25) is 0 Å². The summed E-state index contributed by atoms with van der Waals surface area (Å²) in [4.78, 5) is 27.7. The number of para-hydroxylation sites is 1. The van der Waals surface area contributed by atoms with Gasteiger partial charge >= 0.3 is 0 Å². The number of hydrogen-bond acceptors (Lipinski definition) is 6. The van der Waals surface area contributed by atoms with Gasteiger partial charge in [0.15, 0.2) is 11.6 Å². The van der Waals surface area contributed by atoms with E-state index in [1.807, 2.05) is 27.7 Å². The Kier molecular flexibility index (Phi) is 6.54. The van der Waals surface area contributed by atoms with Gasteiger partial charge in [-0.25, -0.2) is 29.9 Å². The normalized spacial score (nSPS) is 11.5. The molecule has 0 saturated heterocycles. The molecule has 0 radical (unpaired) electrons. The standard InChI is InChI=1S/C37H33N7/c1-20-16-21(2)35(22(3)17-20)27-12-14-33-30(18-27)29-10-8-9-11-32(29)44(33)34-15-13-28(36-40-23(4)38-24(5)41-36)19-31(34)37-42-25(6)39-26(7)43-37/h8-19H,1-7H3. The quantitative estimate of drug-likeness (QED) is 0.210. The van der Waals surface area contributed by atoms with Crippen LogP contribution in [-0.2, 0) is 0 Å². The minimum absolute atomic E-state index is 0.614. The van der Waals surface area contributed by atoms with Crippen molar-refractivity contribution in [3.8, 4) is 39.6 Å². The van der Waals surface area contributed by atoms with E-state index in [2.05, 4.69) is 118 Å². The van der Waals surface area contributed by atoms with Crippen LogP contribution < -0.4 is 0 Å². The maximum Gasteiger partial charge on any atom is 0.165 e. The monoisotopic (exact) mass is 575 g/mol. The number of aromatic nitrogens is 7. The number of nitrogens with zero attached hydrogens (tertiary/aromatic N) is 7. The zero-order valence-electron chi connectivity index (χ0n) is 26.1. The summed E-state index contributed by atoms with van der Waals surface area (Å²) >= 11 is 0. The summed E-state index contributed by atoms with van der Waals surface area (Å²) in [5.74, 6) is 3.95. The summed E-state index contributed by atoms with van der Waals surface area (Å²) in [7, 11) is 0. The molecule has 0 saturated carbocycles. The van der Waals surface area contributed by atoms with Gasteiger partial charge in [-0.3, -0.25) is 0 Å². The molecule has 0 aliphatic heterocycles. The highest BCUT2D eigenvalue weighted by Crippen LogP contribution is 2.39. The number of fused-ring (bicyclic) bond motifs is 3. The first-order valence-corrected chi connectivity index (χ1v) is 14.8. The molecule has 0 aliphatic rings. The van der Waals surface area contributed by atoms with Crippen LogP contribution in [0, 0.1) is 48.5 Å². The Morgan fingerprint density at radius 1 is 0.477 bits per heavy atom. The minimum Gasteiger partial charge on any atom is -0.309 e. The van der Waals surface area contributed by atoms with Crippen molar-refractivity contribution in [2.24, 2.45) is 0 Å². The van der Waals surface area contributed by atoms with E-state index in [0.717, 1.165) is 27.8 Å². The zero-order chi connectivity index (χ0) is 30.7. The Hall–Kier alpha value is -5.30. The van der Waals surface area contributed by atoms with Crippen LogP contribution in [0.1, 0.15) is 40.0 Å². The second-order valence-electron chi connectivity index (χ2n) is 11.6. The molecule has 7 aromatic rings. The molecular formula is C37H33N7. The van der Waals surface area contributed by atoms with Crippen LogP contribution in [0.25, 0.3) is 61.4 Å². The predicted octanol–water partition coefficient (Wildman–Crippen LogP) is 8.31. The lowest BCUT2D eigenvalue weighted by Gasteiger charge is -2.16. The van der Waals surface area contributed by atoms with Gasteiger partial charge in [0.25, 0.3) is 0 Å². The number of hydrogen-bond donors (Lipinski definition) is 0. The fourth-order valence-corrected chi connectivity index (χ4v) is 6.55. The summed E-state index contributed by atoms with van der Waals surface area (Å²) in [5.41, 5.74) is 11.3. The molecule has 7 nitrogen and oxygen atoms in total. The van der Waals surface area contributed by atoms with Crippen LogP contribution in [0.4, 0.5) is 0 Å². The average molecular weight is 576 g/mol. The second-order valence-corrected chi connectivity index (χ2v) is 11.6. The fraction of sp³-hybridized carbons (Fsp3) is 0.189. The Balaban J connectivity index is 1.52. The highest BCUT2D eigenvalue weighted by molar-refractivity contribution is 6.11. The molecule has 0 atom stereocenters. The van der Waals surface area contributed by atoms with Crippen LogP contribution in [0.5, 0.6) is 0 Å². The van der Waals surface area contributed by atoms with Crippen molar-refractivity contribution in [3.05, 3.63) is 113 Å². The van der Waals surface area contributed by atoms with Gasteiger partial charge in [-0.15, -0.1) is 0 Å². The molecule has 0 aliphatic carbocycles. The van der Waals surface area contributed by atoms with Crippen molar-refractivity contribution in [3.63, 3.8) is 0 Å². The number of rotatable bonds is 4. The third kappa shape index (κ3) is 4.71. The third-order valence-electron chi connectivity index (χ3n) is 8.09. The van der Waals surface area contributed by atoms with Gasteiger partial charge in [-0.2, -0.15) is 0 Å². The molecule has 0 bridgehead atoms. The van der Waals surface area contributed by atoms with Gasteiger partial charge < -0.3 is 4.57 Å². The molecule has 7 rings (SSSR count). The summed E-state index contributed by atoms with van der Waals surface area (Å²) < 4.78 is 2.32. The van der Waals surface area contributed by atoms with Crippen LogP contribution in [0.2, 0.25) is 0 Å². The van der Waals surface area contributed by atoms with Crippen molar-refractivity contribution in [2.45, 2.75) is 48.5 Å². The van der Waals surface area contributed by atoms with Crippen molar-refractivity contribution < 1.29 is 0 Å². The van der Waals surface area contributed by atoms with E-state index in [-0.39, 0.29) is 0 Å².